The average Bonchev–Trinajstić information content (AvgIpc) is 2.85. The highest BCUT2D eigenvalue weighted by molar-refractivity contribution is 5.95. The zero-order valence-electron chi connectivity index (χ0n) is 10.7. The molecule has 19 heavy (non-hydrogen) atoms. The van der Waals surface area contributed by atoms with E-state index in [4.69, 9.17) is 0 Å². The molecule has 1 N–H and O–H groups in total. The van der Waals surface area contributed by atoms with Gasteiger partial charge in [0.1, 0.15) is 0 Å². The molecule has 1 aromatic rings. The third-order valence-electron chi connectivity index (χ3n) is 3.37. The van der Waals surface area contributed by atoms with Gasteiger partial charge in [0.15, 0.2) is 0 Å². The number of hydrogen-bond donors (Lipinski definition) is 1. The van der Waals surface area contributed by atoms with E-state index in [1.807, 2.05) is 0 Å². The number of non-ortho nitro benzene ring substituents is 1. The summed E-state index contributed by atoms with van der Waals surface area (Å²) in [6, 6.07) is 4.20. The number of nitro groups is 1. The van der Waals surface area contributed by atoms with Gasteiger partial charge in [0.2, 0.25) is 0 Å². The molecule has 1 saturated heterocycles. The van der Waals surface area contributed by atoms with Crippen molar-refractivity contribution in [2.45, 2.75) is 25.8 Å². The third kappa shape index (κ3) is 2.73. The molecule has 6 heteroatoms. The summed E-state index contributed by atoms with van der Waals surface area (Å²) in [5.74, 6) is -0.247. The van der Waals surface area contributed by atoms with E-state index in [9.17, 15) is 20.0 Å². The molecular weight excluding hydrogens is 248 g/mol. The number of benzene rings is 1. The van der Waals surface area contributed by atoms with Crippen LogP contribution in [0.15, 0.2) is 18.2 Å². The molecular formula is C13H16N2O4. The van der Waals surface area contributed by atoms with Gasteiger partial charge in [0, 0.05) is 24.2 Å². The molecule has 1 aliphatic rings. The average molecular weight is 264 g/mol. The number of hydrogen-bond acceptors (Lipinski definition) is 4. The van der Waals surface area contributed by atoms with Crippen LogP contribution in [0.2, 0.25) is 0 Å². The molecule has 1 atom stereocenters. The van der Waals surface area contributed by atoms with Gasteiger partial charge in [-0.25, -0.2) is 0 Å². The molecule has 0 bridgehead atoms. The van der Waals surface area contributed by atoms with Gasteiger partial charge < -0.3 is 10.0 Å². The molecule has 6 nitrogen and oxygen atoms in total. The van der Waals surface area contributed by atoms with Crippen LogP contribution < -0.4 is 0 Å². The number of rotatable bonds is 3. The molecule has 0 unspecified atom stereocenters. The Morgan fingerprint density at radius 2 is 2.26 bits per heavy atom. The van der Waals surface area contributed by atoms with Crippen molar-refractivity contribution in [3.8, 4) is 0 Å². The number of amides is 1. The molecule has 2 rings (SSSR count). The van der Waals surface area contributed by atoms with Crippen LogP contribution in [-0.4, -0.2) is 40.0 Å². The molecule has 1 aliphatic heterocycles. The standard InChI is InChI=1S/C13H16N2O4/c1-9-5-10(7-12(6-9)15(18)19)13(17)14-4-2-3-11(14)8-16/h5-7,11,16H,2-4,8H2,1H3/t11-/m0/s1. The largest absolute Gasteiger partial charge is 0.394 e. The molecule has 1 heterocycles. The van der Waals surface area contributed by atoms with Crippen LogP contribution in [0.25, 0.3) is 0 Å². The second kappa shape index (κ2) is 5.36. The van der Waals surface area contributed by atoms with Crippen LogP contribution in [0.4, 0.5) is 5.69 Å². The zero-order chi connectivity index (χ0) is 14.0. The van der Waals surface area contributed by atoms with Crippen molar-refractivity contribution in [1.82, 2.24) is 4.90 Å². The van der Waals surface area contributed by atoms with E-state index < -0.39 is 4.92 Å². The summed E-state index contributed by atoms with van der Waals surface area (Å²) in [5.41, 5.74) is 0.910. The van der Waals surface area contributed by atoms with Crippen molar-refractivity contribution in [3.63, 3.8) is 0 Å². The lowest BCUT2D eigenvalue weighted by molar-refractivity contribution is -0.384. The molecule has 0 saturated carbocycles. The highest BCUT2D eigenvalue weighted by atomic mass is 16.6. The monoisotopic (exact) mass is 264 g/mol. The minimum atomic E-state index is -0.503. The van der Waals surface area contributed by atoms with Crippen LogP contribution >= 0.6 is 0 Å². The van der Waals surface area contributed by atoms with Gasteiger partial charge in [0.05, 0.1) is 17.6 Å². The maximum absolute atomic E-state index is 12.3. The summed E-state index contributed by atoms with van der Waals surface area (Å²) < 4.78 is 0. The van der Waals surface area contributed by atoms with Crippen molar-refractivity contribution >= 4 is 11.6 Å². The summed E-state index contributed by atoms with van der Waals surface area (Å²) in [6.45, 7) is 2.24. The van der Waals surface area contributed by atoms with Crippen LogP contribution in [0, 0.1) is 17.0 Å². The first-order valence-electron chi connectivity index (χ1n) is 6.21. The predicted octanol–water partition coefficient (Wildman–Crippen LogP) is 1.50. The number of aliphatic hydroxyl groups is 1. The number of aliphatic hydroxyl groups excluding tert-OH is 1. The Morgan fingerprint density at radius 3 is 2.89 bits per heavy atom. The van der Waals surface area contributed by atoms with E-state index in [0.29, 0.717) is 17.7 Å². The molecule has 0 spiro atoms. The number of nitrogens with zero attached hydrogens (tertiary/aromatic N) is 2. The fourth-order valence-electron chi connectivity index (χ4n) is 2.45. The third-order valence-corrected chi connectivity index (χ3v) is 3.37. The summed E-state index contributed by atoms with van der Waals surface area (Å²) in [4.78, 5) is 24.2. The Labute approximate surface area is 110 Å². The molecule has 0 aliphatic carbocycles. The first-order chi connectivity index (χ1) is 9.02. The fourth-order valence-corrected chi connectivity index (χ4v) is 2.45. The van der Waals surface area contributed by atoms with E-state index in [1.165, 1.54) is 12.1 Å². The second-order valence-corrected chi connectivity index (χ2v) is 4.79. The summed E-state index contributed by atoms with van der Waals surface area (Å²) >= 11 is 0. The van der Waals surface area contributed by atoms with Gasteiger partial charge in [-0.2, -0.15) is 0 Å². The fraction of sp³-hybridized carbons (Fsp3) is 0.462. The lowest BCUT2D eigenvalue weighted by Gasteiger charge is -2.23. The number of carbonyl (C=O) groups is 1. The minimum Gasteiger partial charge on any atom is -0.394 e. The Kier molecular flexibility index (Phi) is 3.80. The van der Waals surface area contributed by atoms with Crippen LogP contribution in [-0.2, 0) is 0 Å². The quantitative estimate of drug-likeness (QED) is 0.662. The molecule has 1 amide bonds. The highest BCUT2D eigenvalue weighted by Gasteiger charge is 2.29. The van der Waals surface area contributed by atoms with Crippen molar-refractivity contribution in [3.05, 3.63) is 39.4 Å². The first kappa shape index (κ1) is 13.5. The van der Waals surface area contributed by atoms with Crippen LogP contribution in [0.5, 0.6) is 0 Å². The maximum atomic E-state index is 12.3. The van der Waals surface area contributed by atoms with Crippen molar-refractivity contribution < 1.29 is 14.8 Å². The predicted molar refractivity (Wildman–Crippen MR) is 69.0 cm³/mol. The highest BCUT2D eigenvalue weighted by Crippen LogP contribution is 2.23. The van der Waals surface area contributed by atoms with E-state index in [2.05, 4.69) is 0 Å². The summed E-state index contributed by atoms with van der Waals surface area (Å²) in [7, 11) is 0. The van der Waals surface area contributed by atoms with Crippen molar-refractivity contribution in [2.75, 3.05) is 13.2 Å². The normalized spacial score (nSPS) is 18.6. The van der Waals surface area contributed by atoms with Gasteiger partial charge in [-0.1, -0.05) is 0 Å². The maximum Gasteiger partial charge on any atom is 0.270 e. The van der Waals surface area contributed by atoms with Crippen LogP contribution in [0.3, 0.4) is 0 Å². The van der Waals surface area contributed by atoms with Gasteiger partial charge >= 0.3 is 0 Å². The molecule has 1 aromatic carbocycles. The topological polar surface area (TPSA) is 83.7 Å². The summed E-state index contributed by atoms with van der Waals surface area (Å²) in [6.07, 6.45) is 1.63. The lowest BCUT2D eigenvalue weighted by atomic mass is 10.1. The van der Waals surface area contributed by atoms with Gasteiger partial charge in [-0.05, 0) is 31.4 Å². The molecule has 0 aromatic heterocycles. The lowest BCUT2D eigenvalue weighted by Crippen LogP contribution is -2.37. The SMILES string of the molecule is Cc1cc(C(=O)N2CCC[C@H]2CO)cc([N+](=O)[O-])c1. The molecule has 0 radical (unpaired) electrons. The van der Waals surface area contributed by atoms with Crippen LogP contribution in [0.1, 0.15) is 28.8 Å². The zero-order valence-corrected chi connectivity index (χ0v) is 10.7. The van der Waals surface area contributed by atoms with Crippen molar-refractivity contribution in [1.29, 1.82) is 0 Å². The van der Waals surface area contributed by atoms with Gasteiger partial charge in [0.25, 0.3) is 11.6 Å². The number of carbonyl (C=O) groups excluding carboxylic acids is 1. The Hall–Kier alpha value is -1.95. The van der Waals surface area contributed by atoms with E-state index >= 15 is 0 Å². The first-order valence-corrected chi connectivity index (χ1v) is 6.21. The Morgan fingerprint density at radius 1 is 1.53 bits per heavy atom. The minimum absolute atomic E-state index is 0.0698. The van der Waals surface area contributed by atoms with Crippen molar-refractivity contribution in [2.24, 2.45) is 0 Å². The number of aryl methyl sites for hydroxylation is 1. The molecule has 102 valence electrons. The van der Waals surface area contributed by atoms with Gasteiger partial charge in [-0.3, -0.25) is 14.9 Å². The smallest absolute Gasteiger partial charge is 0.270 e. The summed E-state index contributed by atoms with van der Waals surface area (Å²) in [5, 5.41) is 20.0. The second-order valence-electron chi connectivity index (χ2n) is 4.79. The number of nitro benzene ring substituents is 1. The number of likely N-dealkylation sites (tertiary alicyclic amines) is 1. The van der Waals surface area contributed by atoms with Gasteiger partial charge in [-0.15, -0.1) is 0 Å². The Balaban J connectivity index is 2.30. The van der Waals surface area contributed by atoms with E-state index in [-0.39, 0.29) is 24.2 Å². The van der Waals surface area contributed by atoms with E-state index in [1.54, 1.807) is 17.9 Å². The van der Waals surface area contributed by atoms with E-state index in [0.717, 1.165) is 12.8 Å². The Bertz CT molecular complexity index is 515. The molecule has 1 fully saturated rings.